The summed E-state index contributed by atoms with van der Waals surface area (Å²) >= 11 is 5.55. The first-order chi connectivity index (χ1) is 7.89. The van der Waals surface area contributed by atoms with Crippen molar-refractivity contribution in [3.63, 3.8) is 0 Å². The Morgan fingerprint density at radius 1 is 1.41 bits per heavy atom. The molecule has 0 spiro atoms. The van der Waals surface area contributed by atoms with Crippen LogP contribution in [0.4, 0.5) is 5.69 Å². The fourth-order valence-electron chi connectivity index (χ4n) is 1.05. The van der Waals surface area contributed by atoms with Crippen LogP contribution in [0.25, 0.3) is 0 Å². The summed E-state index contributed by atoms with van der Waals surface area (Å²) in [4.78, 5) is 9.68. The summed E-state index contributed by atoms with van der Waals surface area (Å²) in [5, 5.41) is 10.4. The standard InChI is InChI=1S/C9H9ClN2O4S/c1-2-7-11(10)17(15,16)9-5-3-8(4-6-9)12(13)14/h2-6H,1,7H2. The highest BCUT2D eigenvalue weighted by Gasteiger charge is 2.22. The molecule has 0 heterocycles. The molecule has 17 heavy (non-hydrogen) atoms. The third-order valence-electron chi connectivity index (χ3n) is 1.88. The van der Waals surface area contributed by atoms with Crippen LogP contribution in [-0.2, 0) is 10.0 Å². The van der Waals surface area contributed by atoms with Gasteiger partial charge in [-0.3, -0.25) is 10.1 Å². The maximum Gasteiger partial charge on any atom is 0.269 e. The van der Waals surface area contributed by atoms with Crippen molar-refractivity contribution >= 4 is 27.5 Å². The summed E-state index contributed by atoms with van der Waals surface area (Å²) in [5.41, 5.74) is -0.186. The molecule has 92 valence electrons. The number of nitrogens with zero attached hydrogens (tertiary/aromatic N) is 2. The fraction of sp³-hybridized carbons (Fsp3) is 0.111. The molecule has 8 heteroatoms. The van der Waals surface area contributed by atoms with Crippen LogP contribution in [0.15, 0.2) is 41.8 Å². The molecule has 0 bridgehead atoms. The monoisotopic (exact) mass is 276 g/mol. The molecule has 0 saturated carbocycles. The van der Waals surface area contributed by atoms with Gasteiger partial charge < -0.3 is 0 Å². The van der Waals surface area contributed by atoms with Crippen molar-refractivity contribution < 1.29 is 13.3 Å². The molecule has 6 nitrogen and oxygen atoms in total. The van der Waals surface area contributed by atoms with E-state index in [2.05, 4.69) is 6.58 Å². The first-order valence-corrected chi connectivity index (χ1v) is 6.21. The van der Waals surface area contributed by atoms with Gasteiger partial charge in [-0.15, -0.1) is 10.4 Å². The second kappa shape index (κ2) is 5.26. The predicted octanol–water partition coefficient (Wildman–Crippen LogP) is 1.93. The average Bonchev–Trinajstić information content (AvgIpc) is 2.29. The maximum atomic E-state index is 11.8. The van der Waals surface area contributed by atoms with Crippen molar-refractivity contribution in [2.45, 2.75) is 4.90 Å². The van der Waals surface area contributed by atoms with Gasteiger partial charge in [-0.05, 0) is 23.9 Å². The van der Waals surface area contributed by atoms with Crippen LogP contribution in [0.2, 0.25) is 0 Å². The lowest BCUT2D eigenvalue weighted by atomic mass is 10.3. The smallest absolute Gasteiger partial charge is 0.258 e. The van der Waals surface area contributed by atoms with Gasteiger partial charge in [0, 0.05) is 18.7 Å². The van der Waals surface area contributed by atoms with Gasteiger partial charge in [0.15, 0.2) is 0 Å². The lowest BCUT2D eigenvalue weighted by molar-refractivity contribution is -0.384. The molecule has 1 aromatic rings. The number of rotatable bonds is 5. The molecule has 1 aromatic carbocycles. The molecule has 0 atom stereocenters. The van der Waals surface area contributed by atoms with E-state index in [1.165, 1.54) is 6.08 Å². The first kappa shape index (κ1) is 13.6. The number of sulfonamides is 1. The Kier molecular flexibility index (Phi) is 4.22. The first-order valence-electron chi connectivity index (χ1n) is 4.43. The predicted molar refractivity (Wildman–Crippen MR) is 63.0 cm³/mol. The van der Waals surface area contributed by atoms with Crippen LogP contribution < -0.4 is 0 Å². The zero-order valence-corrected chi connectivity index (χ0v) is 10.2. The lowest BCUT2D eigenvalue weighted by Crippen LogP contribution is -2.21. The van der Waals surface area contributed by atoms with E-state index in [0.717, 1.165) is 24.3 Å². The Bertz CT molecular complexity index is 526. The molecular weight excluding hydrogens is 268 g/mol. The van der Waals surface area contributed by atoms with Gasteiger partial charge in [-0.2, -0.15) is 0 Å². The number of non-ortho nitro benzene ring substituents is 1. The molecule has 0 fully saturated rings. The van der Waals surface area contributed by atoms with Crippen molar-refractivity contribution in [2.75, 3.05) is 6.54 Å². The van der Waals surface area contributed by atoms with Gasteiger partial charge in [-0.1, -0.05) is 6.08 Å². The van der Waals surface area contributed by atoms with Crippen molar-refractivity contribution in [2.24, 2.45) is 0 Å². The molecule has 0 unspecified atom stereocenters. The van der Waals surface area contributed by atoms with Crippen molar-refractivity contribution in [3.05, 3.63) is 47.0 Å². The van der Waals surface area contributed by atoms with Gasteiger partial charge in [0.2, 0.25) is 0 Å². The van der Waals surface area contributed by atoms with E-state index in [1.807, 2.05) is 0 Å². The van der Waals surface area contributed by atoms with E-state index in [9.17, 15) is 18.5 Å². The van der Waals surface area contributed by atoms with Crippen LogP contribution in [-0.4, -0.2) is 23.7 Å². The van der Waals surface area contributed by atoms with Gasteiger partial charge in [0.25, 0.3) is 15.7 Å². The molecule has 0 radical (unpaired) electrons. The minimum Gasteiger partial charge on any atom is -0.258 e. The normalized spacial score (nSPS) is 11.4. The summed E-state index contributed by atoms with van der Waals surface area (Å²) in [7, 11) is -3.84. The molecule has 0 aliphatic rings. The van der Waals surface area contributed by atoms with Crippen LogP contribution in [0.5, 0.6) is 0 Å². The Morgan fingerprint density at radius 3 is 2.35 bits per heavy atom. The fourth-order valence-corrected chi connectivity index (χ4v) is 2.40. The van der Waals surface area contributed by atoms with E-state index in [1.54, 1.807) is 0 Å². The van der Waals surface area contributed by atoms with Gasteiger partial charge in [-0.25, -0.2) is 8.42 Å². The highest BCUT2D eigenvalue weighted by atomic mass is 35.5. The number of hydrogen-bond donors (Lipinski definition) is 0. The van der Waals surface area contributed by atoms with Crippen molar-refractivity contribution in [1.29, 1.82) is 0 Å². The zero-order valence-electron chi connectivity index (χ0n) is 8.61. The van der Waals surface area contributed by atoms with E-state index in [-0.39, 0.29) is 17.1 Å². The summed E-state index contributed by atoms with van der Waals surface area (Å²) < 4.78 is 24.1. The van der Waals surface area contributed by atoms with Crippen molar-refractivity contribution in [1.82, 2.24) is 3.82 Å². The largest absolute Gasteiger partial charge is 0.269 e. The average molecular weight is 277 g/mol. The SMILES string of the molecule is C=CCN(Cl)S(=O)(=O)c1ccc([N+](=O)[O-])cc1. The summed E-state index contributed by atoms with van der Waals surface area (Å²) in [5.74, 6) is 0. The Morgan fingerprint density at radius 2 is 1.94 bits per heavy atom. The molecular formula is C9H9ClN2O4S. The number of halogens is 1. The molecule has 0 aromatic heterocycles. The van der Waals surface area contributed by atoms with Gasteiger partial charge in [0.05, 0.1) is 9.82 Å². The van der Waals surface area contributed by atoms with Crippen molar-refractivity contribution in [3.8, 4) is 0 Å². The molecule has 0 amide bonds. The maximum absolute atomic E-state index is 11.8. The van der Waals surface area contributed by atoms with Crippen LogP contribution >= 0.6 is 11.8 Å². The quantitative estimate of drug-likeness (QED) is 0.356. The second-order valence-electron chi connectivity index (χ2n) is 3.01. The topological polar surface area (TPSA) is 80.5 Å². The summed E-state index contributed by atoms with van der Waals surface area (Å²) in [6.07, 6.45) is 1.33. The lowest BCUT2D eigenvalue weighted by Gasteiger charge is -2.11. The van der Waals surface area contributed by atoms with Crippen LogP contribution in [0.1, 0.15) is 0 Å². The van der Waals surface area contributed by atoms with E-state index in [4.69, 9.17) is 11.8 Å². The number of nitro benzene ring substituents is 1. The molecule has 0 aliphatic carbocycles. The highest BCUT2D eigenvalue weighted by molar-refractivity contribution is 7.90. The van der Waals surface area contributed by atoms with E-state index >= 15 is 0 Å². The zero-order chi connectivity index (χ0) is 13.1. The molecule has 0 saturated heterocycles. The Labute approximate surface area is 103 Å². The third kappa shape index (κ3) is 3.02. The van der Waals surface area contributed by atoms with E-state index in [0.29, 0.717) is 3.82 Å². The summed E-state index contributed by atoms with van der Waals surface area (Å²) in [6.45, 7) is 3.31. The molecule has 0 N–H and O–H groups in total. The number of hydrogen-bond acceptors (Lipinski definition) is 4. The molecule has 0 aliphatic heterocycles. The van der Waals surface area contributed by atoms with Crippen LogP contribution in [0.3, 0.4) is 0 Å². The third-order valence-corrected chi connectivity index (χ3v) is 4.10. The minimum absolute atomic E-state index is 0.0547. The van der Waals surface area contributed by atoms with Gasteiger partial charge in [0.1, 0.15) is 0 Å². The minimum atomic E-state index is -3.84. The van der Waals surface area contributed by atoms with E-state index < -0.39 is 14.9 Å². The molecule has 1 rings (SSSR count). The second-order valence-corrected chi connectivity index (χ2v) is 5.49. The van der Waals surface area contributed by atoms with Crippen LogP contribution in [0, 0.1) is 10.1 Å². The Balaban J connectivity index is 3.08. The number of nitro groups is 1. The summed E-state index contributed by atoms with van der Waals surface area (Å²) in [6, 6.07) is 4.47. The highest BCUT2D eigenvalue weighted by Crippen LogP contribution is 2.20. The Hall–Kier alpha value is -1.44. The van der Waals surface area contributed by atoms with Gasteiger partial charge >= 0.3 is 0 Å². The number of benzene rings is 1.